The van der Waals surface area contributed by atoms with Crippen molar-refractivity contribution in [3.05, 3.63) is 18.2 Å². The Labute approximate surface area is 144 Å². The summed E-state index contributed by atoms with van der Waals surface area (Å²) in [6, 6.07) is 0. The Kier molecular flexibility index (Phi) is 11.3. The number of hydrogen-bond acceptors (Lipinski definition) is 3. The van der Waals surface area contributed by atoms with Crippen molar-refractivity contribution in [3.63, 3.8) is 0 Å². The standard InChI is InChI=1S/C14H27N5O.HI/c1-5-20-9-7-17-14(15-4)18-10-13-16-6-8-19(13)11-12(2)3;/h6,8,12H,5,7,9-11H2,1-4H3,(H2,15,17,18);1H. The predicted molar refractivity (Wildman–Crippen MR) is 97.2 cm³/mol. The maximum Gasteiger partial charge on any atom is 0.191 e. The monoisotopic (exact) mass is 409 g/mol. The minimum absolute atomic E-state index is 0. The zero-order chi connectivity index (χ0) is 14.8. The van der Waals surface area contributed by atoms with Gasteiger partial charge in [0.15, 0.2) is 5.96 Å². The van der Waals surface area contributed by atoms with Gasteiger partial charge in [-0.15, -0.1) is 24.0 Å². The van der Waals surface area contributed by atoms with E-state index in [2.05, 4.69) is 39.0 Å². The number of imidazole rings is 1. The van der Waals surface area contributed by atoms with Crippen molar-refractivity contribution in [1.82, 2.24) is 20.2 Å². The van der Waals surface area contributed by atoms with Gasteiger partial charge in [-0.3, -0.25) is 4.99 Å². The topological polar surface area (TPSA) is 63.5 Å². The molecule has 0 saturated carbocycles. The van der Waals surface area contributed by atoms with Crippen molar-refractivity contribution in [2.45, 2.75) is 33.9 Å². The molecule has 0 spiro atoms. The summed E-state index contributed by atoms with van der Waals surface area (Å²) in [4.78, 5) is 8.56. The van der Waals surface area contributed by atoms with Crippen LogP contribution in [0.15, 0.2) is 17.4 Å². The first-order valence-corrected chi connectivity index (χ1v) is 7.19. The molecule has 0 atom stereocenters. The predicted octanol–water partition coefficient (Wildman–Crippen LogP) is 1.86. The van der Waals surface area contributed by atoms with Crippen LogP contribution in [0, 0.1) is 5.92 Å². The summed E-state index contributed by atoms with van der Waals surface area (Å²) in [5.41, 5.74) is 0. The highest BCUT2D eigenvalue weighted by Gasteiger charge is 2.05. The van der Waals surface area contributed by atoms with Gasteiger partial charge < -0.3 is 19.9 Å². The first kappa shape index (κ1) is 20.2. The lowest BCUT2D eigenvalue weighted by molar-refractivity contribution is 0.152. The van der Waals surface area contributed by atoms with Crippen molar-refractivity contribution in [3.8, 4) is 0 Å². The molecule has 1 rings (SSSR count). The molecule has 1 aromatic heterocycles. The molecule has 1 aromatic rings. The van der Waals surface area contributed by atoms with E-state index in [9.17, 15) is 0 Å². The third kappa shape index (κ3) is 8.25. The zero-order valence-corrected chi connectivity index (χ0v) is 15.8. The lowest BCUT2D eigenvalue weighted by atomic mass is 10.2. The Balaban J connectivity index is 0.00000400. The Morgan fingerprint density at radius 2 is 2.19 bits per heavy atom. The van der Waals surface area contributed by atoms with E-state index in [1.165, 1.54) is 0 Å². The summed E-state index contributed by atoms with van der Waals surface area (Å²) in [5, 5.41) is 6.47. The molecule has 0 aliphatic rings. The van der Waals surface area contributed by atoms with Crippen LogP contribution in [0.3, 0.4) is 0 Å². The quantitative estimate of drug-likeness (QED) is 0.298. The second kappa shape index (κ2) is 11.8. The second-order valence-electron chi connectivity index (χ2n) is 4.94. The zero-order valence-electron chi connectivity index (χ0n) is 13.4. The maximum atomic E-state index is 5.28. The largest absolute Gasteiger partial charge is 0.380 e. The van der Waals surface area contributed by atoms with Crippen LogP contribution in [0.1, 0.15) is 26.6 Å². The summed E-state index contributed by atoms with van der Waals surface area (Å²) in [7, 11) is 1.76. The maximum absolute atomic E-state index is 5.28. The molecule has 0 aliphatic heterocycles. The van der Waals surface area contributed by atoms with Crippen LogP contribution in [0.5, 0.6) is 0 Å². The Morgan fingerprint density at radius 1 is 1.43 bits per heavy atom. The van der Waals surface area contributed by atoms with Gasteiger partial charge in [0.1, 0.15) is 5.82 Å². The van der Waals surface area contributed by atoms with Gasteiger partial charge in [0.25, 0.3) is 0 Å². The van der Waals surface area contributed by atoms with Gasteiger partial charge in [-0.1, -0.05) is 13.8 Å². The van der Waals surface area contributed by atoms with Gasteiger partial charge >= 0.3 is 0 Å². The van der Waals surface area contributed by atoms with Crippen LogP contribution in [0.25, 0.3) is 0 Å². The fourth-order valence-corrected chi connectivity index (χ4v) is 1.84. The summed E-state index contributed by atoms with van der Waals surface area (Å²) in [6.45, 7) is 10.2. The number of aliphatic imine (C=N–C) groups is 1. The number of guanidine groups is 1. The smallest absolute Gasteiger partial charge is 0.191 e. The van der Waals surface area contributed by atoms with Crippen molar-refractivity contribution >= 4 is 29.9 Å². The molecule has 2 N–H and O–H groups in total. The minimum Gasteiger partial charge on any atom is -0.380 e. The van der Waals surface area contributed by atoms with E-state index >= 15 is 0 Å². The van der Waals surface area contributed by atoms with E-state index in [1.54, 1.807) is 7.05 Å². The van der Waals surface area contributed by atoms with E-state index in [0.717, 1.165) is 31.5 Å². The number of rotatable bonds is 8. The highest BCUT2D eigenvalue weighted by Crippen LogP contribution is 2.03. The van der Waals surface area contributed by atoms with Crippen LogP contribution < -0.4 is 10.6 Å². The van der Waals surface area contributed by atoms with Crippen molar-refractivity contribution < 1.29 is 4.74 Å². The molecular formula is C14H28IN5O. The van der Waals surface area contributed by atoms with Gasteiger partial charge in [-0.2, -0.15) is 0 Å². The number of nitrogens with one attached hydrogen (secondary N) is 2. The van der Waals surface area contributed by atoms with Crippen LogP contribution in [0.4, 0.5) is 0 Å². The van der Waals surface area contributed by atoms with E-state index < -0.39 is 0 Å². The fourth-order valence-electron chi connectivity index (χ4n) is 1.84. The number of hydrogen-bond donors (Lipinski definition) is 2. The molecule has 0 amide bonds. The fraction of sp³-hybridized carbons (Fsp3) is 0.714. The van der Waals surface area contributed by atoms with Crippen LogP contribution in [0.2, 0.25) is 0 Å². The van der Waals surface area contributed by atoms with E-state index in [0.29, 0.717) is 19.1 Å². The van der Waals surface area contributed by atoms with Crippen molar-refractivity contribution in [1.29, 1.82) is 0 Å². The molecule has 0 aromatic carbocycles. The molecule has 0 saturated heterocycles. The van der Waals surface area contributed by atoms with E-state index in [1.807, 2.05) is 19.3 Å². The van der Waals surface area contributed by atoms with Crippen LogP contribution in [-0.2, 0) is 17.8 Å². The molecule has 0 fully saturated rings. The van der Waals surface area contributed by atoms with Gasteiger partial charge in [0, 0.05) is 39.1 Å². The van der Waals surface area contributed by atoms with Crippen molar-refractivity contribution in [2.24, 2.45) is 10.9 Å². The number of halogens is 1. The van der Waals surface area contributed by atoms with Crippen LogP contribution >= 0.6 is 24.0 Å². The molecular weight excluding hydrogens is 381 g/mol. The highest BCUT2D eigenvalue weighted by atomic mass is 127. The summed E-state index contributed by atoms with van der Waals surface area (Å²) >= 11 is 0. The molecule has 122 valence electrons. The van der Waals surface area contributed by atoms with Gasteiger partial charge in [0.2, 0.25) is 0 Å². The molecule has 0 aliphatic carbocycles. The SMILES string of the molecule is CCOCCNC(=NC)NCc1nccn1CC(C)C.I. The second-order valence-corrected chi connectivity index (χ2v) is 4.94. The first-order valence-electron chi connectivity index (χ1n) is 7.19. The first-order chi connectivity index (χ1) is 9.67. The van der Waals surface area contributed by atoms with Crippen LogP contribution in [-0.4, -0.2) is 42.3 Å². The number of nitrogens with zero attached hydrogens (tertiary/aromatic N) is 3. The Morgan fingerprint density at radius 3 is 2.81 bits per heavy atom. The summed E-state index contributed by atoms with van der Waals surface area (Å²) in [6.07, 6.45) is 3.85. The molecule has 6 nitrogen and oxygen atoms in total. The molecule has 1 heterocycles. The van der Waals surface area contributed by atoms with Gasteiger partial charge in [-0.05, 0) is 12.8 Å². The van der Waals surface area contributed by atoms with E-state index in [4.69, 9.17) is 4.74 Å². The summed E-state index contributed by atoms with van der Waals surface area (Å²) < 4.78 is 7.45. The minimum atomic E-state index is 0. The Bertz CT molecular complexity index is 406. The molecule has 21 heavy (non-hydrogen) atoms. The van der Waals surface area contributed by atoms with E-state index in [-0.39, 0.29) is 24.0 Å². The lowest BCUT2D eigenvalue weighted by Gasteiger charge is -2.13. The Hall–Kier alpha value is -0.830. The third-order valence-corrected chi connectivity index (χ3v) is 2.74. The number of aromatic nitrogens is 2. The van der Waals surface area contributed by atoms with Gasteiger partial charge in [0.05, 0.1) is 13.2 Å². The molecule has 0 bridgehead atoms. The summed E-state index contributed by atoms with van der Waals surface area (Å²) in [5.74, 6) is 2.39. The number of ether oxygens (including phenoxy) is 1. The van der Waals surface area contributed by atoms with Gasteiger partial charge in [-0.25, -0.2) is 4.98 Å². The molecule has 7 heteroatoms. The van der Waals surface area contributed by atoms with Crippen molar-refractivity contribution in [2.75, 3.05) is 26.8 Å². The average molecular weight is 409 g/mol. The average Bonchev–Trinajstić information content (AvgIpc) is 2.84. The third-order valence-electron chi connectivity index (χ3n) is 2.74. The normalized spacial score (nSPS) is 11.4. The molecule has 0 unspecified atom stereocenters. The highest BCUT2D eigenvalue weighted by molar-refractivity contribution is 14.0. The molecule has 0 radical (unpaired) electrons. The lowest BCUT2D eigenvalue weighted by Crippen LogP contribution is -2.39.